The normalized spacial score (nSPS) is 15.7. The van der Waals surface area contributed by atoms with E-state index in [4.69, 9.17) is 19.7 Å². The van der Waals surface area contributed by atoms with E-state index >= 15 is 0 Å². The molecule has 0 bridgehead atoms. The molecular weight excluding hydrogens is 416 g/mol. The maximum absolute atomic E-state index is 12.8. The van der Waals surface area contributed by atoms with E-state index in [0.717, 1.165) is 35.5 Å². The fourth-order valence-corrected chi connectivity index (χ4v) is 3.84. The molecule has 2 aromatic heterocycles. The Morgan fingerprint density at radius 3 is 2.75 bits per heavy atom. The van der Waals surface area contributed by atoms with Crippen LogP contribution in [0.2, 0.25) is 0 Å². The second-order valence-corrected chi connectivity index (χ2v) is 8.76. The van der Waals surface area contributed by atoms with Gasteiger partial charge in [0.1, 0.15) is 17.9 Å². The molecule has 2 aromatic rings. The third-order valence-electron chi connectivity index (χ3n) is 5.23. The number of aliphatic hydroxyl groups excluding tert-OH is 1. The lowest BCUT2D eigenvalue weighted by atomic mass is 10.0. The molecule has 0 unspecified atom stereocenters. The number of aliphatic hydroxyl groups is 2. The number of hydrogen-bond acceptors (Lipinski definition) is 10. The van der Waals surface area contributed by atoms with Gasteiger partial charge in [-0.15, -0.1) is 0 Å². The molecule has 1 amide bonds. The molecule has 0 radical (unpaired) electrons. The molecule has 0 saturated carbocycles. The number of ether oxygens (including phenoxy) is 2. The Morgan fingerprint density at radius 2 is 2.03 bits per heavy atom. The van der Waals surface area contributed by atoms with E-state index in [2.05, 4.69) is 25.2 Å². The van der Waals surface area contributed by atoms with Crippen LogP contribution in [0.3, 0.4) is 0 Å². The molecule has 11 nitrogen and oxygen atoms in total. The van der Waals surface area contributed by atoms with Crippen molar-refractivity contribution in [2.75, 3.05) is 34.8 Å². The van der Waals surface area contributed by atoms with Crippen LogP contribution in [0.15, 0.2) is 12.4 Å². The van der Waals surface area contributed by atoms with Gasteiger partial charge >= 0.3 is 6.09 Å². The summed E-state index contributed by atoms with van der Waals surface area (Å²) < 4.78 is 11.3. The average Bonchev–Trinajstić information content (AvgIpc) is 2.71. The molecule has 0 aromatic carbocycles. The van der Waals surface area contributed by atoms with Crippen molar-refractivity contribution in [2.24, 2.45) is 0 Å². The SMILES string of the molecule is Cc1c(N2CCc3cnc(NC(O)O)nc3C2)cnc2c1N(C(=O)OC(C)(C)C)CCO2. The van der Waals surface area contributed by atoms with Gasteiger partial charge in [-0.05, 0) is 39.7 Å². The van der Waals surface area contributed by atoms with Crippen molar-refractivity contribution in [1.82, 2.24) is 15.0 Å². The number of hydrogen-bond donors (Lipinski definition) is 3. The number of aromatic nitrogens is 3. The smallest absolute Gasteiger partial charge is 0.415 e. The predicted molar refractivity (Wildman–Crippen MR) is 117 cm³/mol. The molecule has 32 heavy (non-hydrogen) atoms. The molecule has 4 heterocycles. The summed E-state index contributed by atoms with van der Waals surface area (Å²) in [6, 6.07) is 0. The van der Waals surface area contributed by atoms with Gasteiger partial charge in [0, 0.05) is 18.3 Å². The van der Waals surface area contributed by atoms with E-state index in [1.54, 1.807) is 17.3 Å². The van der Waals surface area contributed by atoms with Gasteiger partial charge in [0.2, 0.25) is 18.2 Å². The molecule has 2 aliphatic rings. The lowest BCUT2D eigenvalue weighted by Crippen LogP contribution is -2.42. The highest BCUT2D eigenvalue weighted by Crippen LogP contribution is 2.39. The monoisotopic (exact) mass is 444 g/mol. The lowest BCUT2D eigenvalue weighted by molar-refractivity contribution is -0.0153. The number of pyridine rings is 1. The molecular formula is C21H28N6O5. The molecule has 3 N–H and O–H groups in total. The summed E-state index contributed by atoms with van der Waals surface area (Å²) in [6.45, 7) is 9.37. The van der Waals surface area contributed by atoms with Crippen LogP contribution in [0, 0.1) is 6.92 Å². The maximum atomic E-state index is 12.8. The van der Waals surface area contributed by atoms with Crippen LogP contribution in [0.1, 0.15) is 37.6 Å². The van der Waals surface area contributed by atoms with Crippen LogP contribution in [0.4, 0.5) is 22.1 Å². The number of nitrogens with zero attached hydrogens (tertiary/aromatic N) is 5. The predicted octanol–water partition coefficient (Wildman–Crippen LogP) is 1.56. The highest BCUT2D eigenvalue weighted by atomic mass is 16.6. The Labute approximate surface area is 186 Å². The molecule has 0 spiro atoms. The van der Waals surface area contributed by atoms with Crippen molar-refractivity contribution in [2.45, 2.75) is 52.7 Å². The minimum Gasteiger partial charge on any atom is -0.474 e. The van der Waals surface area contributed by atoms with Gasteiger partial charge in [0.05, 0.1) is 30.7 Å². The maximum Gasteiger partial charge on any atom is 0.415 e. The van der Waals surface area contributed by atoms with Crippen molar-refractivity contribution < 1.29 is 24.5 Å². The first-order valence-electron chi connectivity index (χ1n) is 10.5. The van der Waals surface area contributed by atoms with Crippen molar-refractivity contribution in [3.05, 3.63) is 29.2 Å². The summed E-state index contributed by atoms with van der Waals surface area (Å²) in [5.41, 5.74) is 3.51. The third kappa shape index (κ3) is 4.53. The second kappa shape index (κ2) is 8.40. The number of rotatable bonds is 3. The summed E-state index contributed by atoms with van der Waals surface area (Å²) >= 11 is 0. The van der Waals surface area contributed by atoms with Crippen LogP contribution in [0.25, 0.3) is 0 Å². The molecule has 172 valence electrons. The summed E-state index contributed by atoms with van der Waals surface area (Å²) in [7, 11) is 0. The quantitative estimate of drug-likeness (QED) is 0.599. The van der Waals surface area contributed by atoms with E-state index in [1.165, 1.54) is 0 Å². The standard InChI is InChI=1S/C21H28N6O5/c1-12-15(26-6-5-13-9-23-18(25-19(28)29)24-14(13)11-26)10-22-17-16(12)27(7-8-31-17)20(30)32-21(2,3)4/h9-10,19,28-29H,5-8,11H2,1-4H3,(H,23,24,25). The Morgan fingerprint density at radius 1 is 1.25 bits per heavy atom. The zero-order valence-corrected chi connectivity index (χ0v) is 18.6. The number of amides is 1. The Hall–Kier alpha value is -3.18. The van der Waals surface area contributed by atoms with Crippen LogP contribution in [0.5, 0.6) is 5.88 Å². The molecule has 2 aliphatic heterocycles. The third-order valence-corrected chi connectivity index (χ3v) is 5.23. The highest BCUT2D eigenvalue weighted by molar-refractivity contribution is 5.92. The van der Waals surface area contributed by atoms with Gasteiger partial charge in [-0.1, -0.05) is 0 Å². The van der Waals surface area contributed by atoms with Gasteiger partial charge in [-0.2, -0.15) is 0 Å². The van der Waals surface area contributed by atoms with Crippen molar-refractivity contribution in [3.8, 4) is 5.88 Å². The Kier molecular flexibility index (Phi) is 5.78. The fourth-order valence-electron chi connectivity index (χ4n) is 3.84. The van der Waals surface area contributed by atoms with Crippen LogP contribution in [-0.4, -0.2) is 63.0 Å². The van der Waals surface area contributed by atoms with Gasteiger partial charge < -0.3 is 29.9 Å². The van der Waals surface area contributed by atoms with Gasteiger partial charge in [-0.3, -0.25) is 4.90 Å². The zero-order chi connectivity index (χ0) is 23.0. The summed E-state index contributed by atoms with van der Waals surface area (Å²) in [4.78, 5) is 29.6. The number of fused-ring (bicyclic) bond motifs is 2. The largest absolute Gasteiger partial charge is 0.474 e. The van der Waals surface area contributed by atoms with Crippen LogP contribution >= 0.6 is 0 Å². The summed E-state index contributed by atoms with van der Waals surface area (Å²) in [5.74, 6) is 0.553. The average molecular weight is 444 g/mol. The molecule has 0 saturated heterocycles. The first-order chi connectivity index (χ1) is 15.1. The van der Waals surface area contributed by atoms with Crippen molar-refractivity contribution >= 4 is 23.4 Å². The van der Waals surface area contributed by atoms with Crippen molar-refractivity contribution in [3.63, 3.8) is 0 Å². The number of carbonyl (C=O) groups is 1. The molecule has 4 rings (SSSR count). The second-order valence-electron chi connectivity index (χ2n) is 8.76. The van der Waals surface area contributed by atoms with E-state index in [-0.39, 0.29) is 5.95 Å². The van der Waals surface area contributed by atoms with Crippen molar-refractivity contribution in [1.29, 1.82) is 0 Å². The highest BCUT2D eigenvalue weighted by Gasteiger charge is 2.32. The van der Waals surface area contributed by atoms with E-state index in [1.807, 2.05) is 27.7 Å². The lowest BCUT2D eigenvalue weighted by Gasteiger charge is -2.35. The van der Waals surface area contributed by atoms with Crippen LogP contribution in [-0.2, 0) is 17.7 Å². The first kappa shape index (κ1) is 22.0. The molecule has 0 atom stereocenters. The molecule has 0 aliphatic carbocycles. The number of nitrogens with one attached hydrogen (secondary N) is 1. The molecule has 11 heteroatoms. The fraction of sp³-hybridized carbons (Fsp3) is 0.524. The van der Waals surface area contributed by atoms with Gasteiger partial charge in [0.25, 0.3) is 0 Å². The van der Waals surface area contributed by atoms with E-state index < -0.39 is 18.1 Å². The summed E-state index contributed by atoms with van der Waals surface area (Å²) in [5, 5.41) is 20.6. The number of carbonyl (C=O) groups excluding carboxylic acids is 1. The zero-order valence-electron chi connectivity index (χ0n) is 18.6. The first-order valence-corrected chi connectivity index (χ1v) is 10.5. The van der Waals surface area contributed by atoms with Gasteiger partial charge in [-0.25, -0.2) is 19.7 Å². The van der Waals surface area contributed by atoms with E-state index in [0.29, 0.717) is 31.3 Å². The molecule has 0 fully saturated rings. The minimum atomic E-state index is -1.74. The minimum absolute atomic E-state index is 0.144. The topological polar surface area (TPSA) is 133 Å². The van der Waals surface area contributed by atoms with Gasteiger partial charge in [0.15, 0.2) is 0 Å². The Balaban J connectivity index is 1.63. The van der Waals surface area contributed by atoms with Crippen LogP contribution < -0.4 is 19.9 Å². The number of anilines is 3. The summed E-state index contributed by atoms with van der Waals surface area (Å²) in [6.07, 6.45) is 1.99. The Bertz CT molecular complexity index is 1020. The van der Waals surface area contributed by atoms with E-state index in [9.17, 15) is 4.79 Å².